The van der Waals surface area contributed by atoms with Gasteiger partial charge in [-0.25, -0.2) is 0 Å². The van der Waals surface area contributed by atoms with Gasteiger partial charge in [0.2, 0.25) is 0 Å². The molecule has 0 atom stereocenters. The number of nitrogens with zero attached hydrogens (tertiary/aromatic N) is 1. The fourth-order valence-corrected chi connectivity index (χ4v) is 3.04. The van der Waals surface area contributed by atoms with Crippen molar-refractivity contribution in [3.05, 3.63) is 65.0 Å². The summed E-state index contributed by atoms with van der Waals surface area (Å²) < 4.78 is 1.10. The van der Waals surface area contributed by atoms with Crippen molar-refractivity contribution in [1.29, 1.82) is 5.26 Å². The van der Waals surface area contributed by atoms with E-state index in [1.807, 2.05) is 54.6 Å². The normalized spacial score (nSPS) is 10.2. The number of amides is 1. The molecule has 4 heteroatoms. The molecule has 3 nitrogen and oxygen atoms in total. The van der Waals surface area contributed by atoms with Crippen molar-refractivity contribution < 1.29 is 4.79 Å². The average molecular weight is 292 g/mol. The van der Waals surface area contributed by atoms with Crippen LogP contribution in [-0.2, 0) is 6.42 Å². The van der Waals surface area contributed by atoms with E-state index in [1.54, 1.807) is 0 Å². The molecule has 0 unspecified atom stereocenters. The molecule has 0 spiro atoms. The summed E-state index contributed by atoms with van der Waals surface area (Å²) in [6.45, 7) is 0. The number of benzene rings is 2. The average Bonchev–Trinajstić information content (AvgIpc) is 2.94. The monoisotopic (exact) mass is 292 g/mol. The van der Waals surface area contributed by atoms with Crippen molar-refractivity contribution in [2.24, 2.45) is 0 Å². The molecule has 0 aliphatic heterocycles. The van der Waals surface area contributed by atoms with Gasteiger partial charge in [-0.1, -0.05) is 30.3 Å². The Balaban J connectivity index is 1.78. The van der Waals surface area contributed by atoms with Crippen molar-refractivity contribution in [2.45, 2.75) is 6.42 Å². The number of hydrogen-bond acceptors (Lipinski definition) is 3. The molecule has 21 heavy (non-hydrogen) atoms. The minimum Gasteiger partial charge on any atom is -0.321 e. The summed E-state index contributed by atoms with van der Waals surface area (Å²) >= 11 is 1.48. The number of carbonyl (C=O) groups excluding carboxylic acids is 1. The zero-order valence-electron chi connectivity index (χ0n) is 11.2. The SMILES string of the molecule is N#CCc1ccc(NC(=O)c2cc3ccccc3s2)cc1. The van der Waals surface area contributed by atoms with E-state index in [4.69, 9.17) is 5.26 Å². The van der Waals surface area contributed by atoms with Crippen LogP contribution in [0.5, 0.6) is 0 Å². The van der Waals surface area contributed by atoms with Crippen molar-refractivity contribution >= 4 is 33.0 Å². The van der Waals surface area contributed by atoms with E-state index in [0.29, 0.717) is 11.3 Å². The predicted octanol–water partition coefficient (Wildman–Crippen LogP) is 4.22. The van der Waals surface area contributed by atoms with Gasteiger partial charge in [0.25, 0.3) is 5.91 Å². The van der Waals surface area contributed by atoms with E-state index >= 15 is 0 Å². The van der Waals surface area contributed by atoms with Crippen LogP contribution in [0, 0.1) is 11.3 Å². The Morgan fingerprint density at radius 3 is 2.62 bits per heavy atom. The smallest absolute Gasteiger partial charge is 0.265 e. The first kappa shape index (κ1) is 13.3. The van der Waals surface area contributed by atoms with Crippen LogP contribution in [0.25, 0.3) is 10.1 Å². The molecular formula is C17H12N2OS. The highest BCUT2D eigenvalue weighted by Crippen LogP contribution is 2.26. The summed E-state index contributed by atoms with van der Waals surface area (Å²) in [6.07, 6.45) is 0.380. The van der Waals surface area contributed by atoms with E-state index in [2.05, 4.69) is 11.4 Å². The summed E-state index contributed by atoms with van der Waals surface area (Å²) in [7, 11) is 0. The number of thiophene rings is 1. The van der Waals surface area contributed by atoms with Crippen LogP contribution in [0.1, 0.15) is 15.2 Å². The summed E-state index contributed by atoms with van der Waals surface area (Å²) in [5.74, 6) is -0.107. The number of nitrogens with one attached hydrogen (secondary N) is 1. The van der Waals surface area contributed by atoms with Gasteiger partial charge >= 0.3 is 0 Å². The molecule has 0 saturated carbocycles. The van der Waals surface area contributed by atoms with Gasteiger partial charge in [0.15, 0.2) is 0 Å². The number of carbonyl (C=O) groups is 1. The minimum absolute atomic E-state index is 0.107. The first-order valence-corrected chi connectivity index (χ1v) is 7.34. The summed E-state index contributed by atoms with van der Waals surface area (Å²) in [5, 5.41) is 12.6. The highest BCUT2D eigenvalue weighted by molar-refractivity contribution is 7.20. The summed E-state index contributed by atoms with van der Waals surface area (Å²) in [5.41, 5.74) is 1.68. The molecule has 1 heterocycles. The summed E-state index contributed by atoms with van der Waals surface area (Å²) in [4.78, 5) is 12.9. The third-order valence-corrected chi connectivity index (χ3v) is 4.26. The van der Waals surface area contributed by atoms with Crippen LogP contribution in [0.15, 0.2) is 54.6 Å². The first-order chi connectivity index (χ1) is 10.3. The molecule has 1 N–H and O–H groups in total. The van der Waals surface area contributed by atoms with Crippen LogP contribution in [-0.4, -0.2) is 5.91 Å². The Kier molecular flexibility index (Phi) is 3.67. The van der Waals surface area contributed by atoms with Gasteiger partial charge in [0.1, 0.15) is 0 Å². The van der Waals surface area contributed by atoms with Crippen molar-refractivity contribution in [3.8, 4) is 6.07 Å². The molecule has 0 radical (unpaired) electrons. The Morgan fingerprint density at radius 2 is 1.90 bits per heavy atom. The number of rotatable bonds is 3. The van der Waals surface area contributed by atoms with Gasteiger partial charge < -0.3 is 5.32 Å². The maximum absolute atomic E-state index is 12.2. The number of hydrogen-bond donors (Lipinski definition) is 1. The highest BCUT2D eigenvalue weighted by Gasteiger charge is 2.10. The molecule has 1 amide bonds. The van der Waals surface area contributed by atoms with E-state index < -0.39 is 0 Å². The molecule has 0 bridgehead atoms. The molecule has 0 saturated heterocycles. The van der Waals surface area contributed by atoms with Crippen molar-refractivity contribution in [3.63, 3.8) is 0 Å². The molecule has 102 valence electrons. The largest absolute Gasteiger partial charge is 0.321 e. The van der Waals surface area contributed by atoms with Gasteiger partial charge in [-0.05, 0) is 35.2 Å². The Hall–Kier alpha value is -2.64. The van der Waals surface area contributed by atoms with E-state index in [1.165, 1.54) is 11.3 Å². The second-order valence-electron chi connectivity index (χ2n) is 4.63. The van der Waals surface area contributed by atoms with Gasteiger partial charge in [0, 0.05) is 10.4 Å². The quantitative estimate of drug-likeness (QED) is 0.785. The third-order valence-electron chi connectivity index (χ3n) is 3.14. The van der Waals surface area contributed by atoms with Crippen molar-refractivity contribution in [1.82, 2.24) is 0 Å². The fourth-order valence-electron chi connectivity index (χ4n) is 2.08. The topological polar surface area (TPSA) is 52.9 Å². The number of nitriles is 1. The summed E-state index contributed by atoms with van der Waals surface area (Å²) in [6, 6.07) is 19.3. The fraction of sp³-hybridized carbons (Fsp3) is 0.0588. The molecule has 3 aromatic rings. The van der Waals surface area contributed by atoms with Crippen LogP contribution >= 0.6 is 11.3 Å². The highest BCUT2D eigenvalue weighted by atomic mass is 32.1. The maximum atomic E-state index is 12.2. The predicted molar refractivity (Wildman–Crippen MR) is 85.5 cm³/mol. The molecule has 3 rings (SSSR count). The minimum atomic E-state index is -0.107. The molecular weight excluding hydrogens is 280 g/mol. The molecule has 0 aliphatic rings. The van der Waals surface area contributed by atoms with E-state index in [9.17, 15) is 4.79 Å². The zero-order chi connectivity index (χ0) is 14.7. The first-order valence-electron chi connectivity index (χ1n) is 6.52. The Bertz CT molecular complexity index is 795. The van der Waals surface area contributed by atoms with Gasteiger partial charge in [0.05, 0.1) is 17.4 Å². The van der Waals surface area contributed by atoms with Gasteiger partial charge in [-0.3, -0.25) is 4.79 Å². The molecule has 2 aromatic carbocycles. The Morgan fingerprint density at radius 1 is 1.14 bits per heavy atom. The second kappa shape index (κ2) is 5.78. The molecule has 1 aromatic heterocycles. The van der Waals surface area contributed by atoms with Crippen LogP contribution < -0.4 is 5.32 Å². The van der Waals surface area contributed by atoms with Crippen molar-refractivity contribution in [2.75, 3.05) is 5.32 Å². The molecule has 0 aliphatic carbocycles. The maximum Gasteiger partial charge on any atom is 0.265 e. The van der Waals surface area contributed by atoms with Gasteiger partial charge in [-0.15, -0.1) is 11.3 Å². The van der Waals surface area contributed by atoms with Crippen LogP contribution in [0.4, 0.5) is 5.69 Å². The van der Waals surface area contributed by atoms with E-state index in [0.717, 1.165) is 21.3 Å². The molecule has 0 fully saturated rings. The number of fused-ring (bicyclic) bond motifs is 1. The van der Waals surface area contributed by atoms with Crippen LogP contribution in [0.3, 0.4) is 0 Å². The van der Waals surface area contributed by atoms with Crippen LogP contribution in [0.2, 0.25) is 0 Å². The lowest BCUT2D eigenvalue weighted by Gasteiger charge is -2.03. The van der Waals surface area contributed by atoms with E-state index in [-0.39, 0.29) is 5.91 Å². The van der Waals surface area contributed by atoms with Gasteiger partial charge in [-0.2, -0.15) is 5.26 Å². The second-order valence-corrected chi connectivity index (χ2v) is 5.72. The third kappa shape index (κ3) is 2.93. The standard InChI is InChI=1S/C17H12N2OS/c18-10-9-12-5-7-14(8-6-12)19-17(20)16-11-13-3-1-2-4-15(13)21-16/h1-8,11H,9H2,(H,19,20). The lowest BCUT2D eigenvalue weighted by molar-refractivity contribution is 0.103. The Labute approximate surface area is 126 Å². The number of anilines is 1. The lowest BCUT2D eigenvalue weighted by atomic mass is 10.1. The zero-order valence-corrected chi connectivity index (χ0v) is 12.0. The lowest BCUT2D eigenvalue weighted by Crippen LogP contribution is -2.09.